The smallest absolute Gasteiger partial charge is 0.161 e. The Morgan fingerprint density at radius 2 is 1.79 bits per heavy atom. The highest BCUT2D eigenvalue weighted by Gasteiger charge is 2.37. The number of methoxy groups -OCH3 is 1. The standard InChI is InChI=1S/C23H24O3S2/c1-24-21-9-8-19(14-22(21)26-16-18-6-3-2-4-7-18)15-23(20-10-11-25-17-20)27-12-5-13-28-23/h2-4,6-11,14,17H,5,12-13,15-16H2,1H3. The van der Waals surface area contributed by atoms with Gasteiger partial charge < -0.3 is 13.9 Å². The number of hydrogen-bond acceptors (Lipinski definition) is 5. The molecule has 1 aromatic heterocycles. The minimum atomic E-state index is -0.00343. The van der Waals surface area contributed by atoms with Gasteiger partial charge in [0.05, 0.1) is 23.7 Å². The second-order valence-corrected chi connectivity index (χ2v) is 9.80. The van der Waals surface area contributed by atoms with Gasteiger partial charge in [-0.2, -0.15) is 0 Å². The van der Waals surface area contributed by atoms with Gasteiger partial charge in [-0.1, -0.05) is 36.4 Å². The molecule has 0 atom stereocenters. The lowest BCUT2D eigenvalue weighted by Crippen LogP contribution is -2.25. The van der Waals surface area contributed by atoms with E-state index in [1.807, 2.05) is 54.1 Å². The third-order valence-corrected chi connectivity index (χ3v) is 8.21. The predicted molar refractivity (Wildman–Crippen MR) is 117 cm³/mol. The number of benzene rings is 2. The highest BCUT2D eigenvalue weighted by atomic mass is 32.2. The van der Waals surface area contributed by atoms with Gasteiger partial charge in [0.1, 0.15) is 6.61 Å². The Kier molecular flexibility index (Phi) is 6.23. The minimum absolute atomic E-state index is 0.00343. The van der Waals surface area contributed by atoms with E-state index in [9.17, 15) is 0 Å². The van der Waals surface area contributed by atoms with E-state index in [1.54, 1.807) is 13.4 Å². The van der Waals surface area contributed by atoms with Gasteiger partial charge in [-0.15, -0.1) is 23.5 Å². The van der Waals surface area contributed by atoms with E-state index in [1.165, 1.54) is 29.1 Å². The van der Waals surface area contributed by atoms with Gasteiger partial charge in [0.15, 0.2) is 11.5 Å². The summed E-state index contributed by atoms with van der Waals surface area (Å²) < 4.78 is 17.0. The maximum atomic E-state index is 6.11. The maximum Gasteiger partial charge on any atom is 0.161 e. The van der Waals surface area contributed by atoms with Crippen LogP contribution >= 0.6 is 23.5 Å². The zero-order valence-corrected chi connectivity index (χ0v) is 17.6. The topological polar surface area (TPSA) is 31.6 Å². The molecule has 146 valence electrons. The van der Waals surface area contributed by atoms with Crippen molar-refractivity contribution in [1.29, 1.82) is 0 Å². The van der Waals surface area contributed by atoms with Crippen LogP contribution in [0.3, 0.4) is 0 Å². The SMILES string of the molecule is COc1ccc(CC2(c3ccoc3)SCCCS2)cc1OCc1ccccc1. The van der Waals surface area contributed by atoms with Crippen molar-refractivity contribution in [2.75, 3.05) is 18.6 Å². The van der Waals surface area contributed by atoms with E-state index in [0.29, 0.717) is 6.61 Å². The van der Waals surface area contributed by atoms with Crippen LogP contribution in [-0.2, 0) is 17.1 Å². The highest BCUT2D eigenvalue weighted by Crippen LogP contribution is 2.52. The molecule has 4 rings (SSSR count). The number of rotatable bonds is 7. The fourth-order valence-electron chi connectivity index (χ4n) is 3.37. The molecule has 3 nitrogen and oxygen atoms in total. The monoisotopic (exact) mass is 412 g/mol. The number of ether oxygens (including phenoxy) is 2. The van der Waals surface area contributed by atoms with Crippen molar-refractivity contribution >= 4 is 23.5 Å². The molecule has 3 aromatic rings. The number of furan rings is 1. The molecule has 1 aliphatic rings. The molecule has 0 unspecified atom stereocenters. The van der Waals surface area contributed by atoms with E-state index in [-0.39, 0.29) is 4.08 Å². The van der Waals surface area contributed by atoms with E-state index in [0.717, 1.165) is 23.5 Å². The van der Waals surface area contributed by atoms with E-state index in [4.69, 9.17) is 13.9 Å². The van der Waals surface area contributed by atoms with Gasteiger partial charge in [-0.25, -0.2) is 0 Å². The summed E-state index contributed by atoms with van der Waals surface area (Å²) >= 11 is 4.04. The third kappa shape index (κ3) is 4.36. The van der Waals surface area contributed by atoms with Crippen LogP contribution in [-0.4, -0.2) is 18.6 Å². The van der Waals surface area contributed by atoms with E-state index < -0.39 is 0 Å². The summed E-state index contributed by atoms with van der Waals surface area (Å²) in [6.07, 6.45) is 5.84. The second kappa shape index (κ2) is 9.01. The largest absolute Gasteiger partial charge is 0.493 e. The van der Waals surface area contributed by atoms with E-state index in [2.05, 4.69) is 30.3 Å². The molecular formula is C23H24O3S2. The molecule has 0 aliphatic carbocycles. The lowest BCUT2D eigenvalue weighted by Gasteiger charge is -2.35. The zero-order chi connectivity index (χ0) is 19.2. The second-order valence-electron chi connectivity index (χ2n) is 6.75. The Morgan fingerprint density at radius 3 is 2.50 bits per heavy atom. The molecule has 0 amide bonds. The van der Waals surface area contributed by atoms with Crippen molar-refractivity contribution in [3.63, 3.8) is 0 Å². The van der Waals surface area contributed by atoms with Gasteiger partial charge in [-0.05, 0) is 47.3 Å². The number of thioether (sulfide) groups is 2. The quantitative estimate of drug-likeness (QED) is 0.466. The lowest BCUT2D eigenvalue weighted by atomic mass is 10.0. The lowest BCUT2D eigenvalue weighted by molar-refractivity contribution is 0.284. The summed E-state index contributed by atoms with van der Waals surface area (Å²) in [5.41, 5.74) is 3.64. The Morgan fingerprint density at radius 1 is 0.964 bits per heavy atom. The summed E-state index contributed by atoms with van der Waals surface area (Å²) in [4.78, 5) is 0. The molecule has 0 bridgehead atoms. The van der Waals surface area contributed by atoms with E-state index >= 15 is 0 Å². The predicted octanol–water partition coefficient (Wildman–Crippen LogP) is 6.13. The molecule has 1 aliphatic heterocycles. The molecule has 1 saturated heterocycles. The van der Waals surface area contributed by atoms with Crippen LogP contribution in [0.1, 0.15) is 23.1 Å². The van der Waals surface area contributed by atoms with Crippen molar-refractivity contribution in [3.05, 3.63) is 83.8 Å². The average Bonchev–Trinajstić information content (AvgIpc) is 3.30. The molecule has 0 radical (unpaired) electrons. The third-order valence-electron chi connectivity index (χ3n) is 4.82. The van der Waals surface area contributed by atoms with Gasteiger partial charge in [0.25, 0.3) is 0 Å². The zero-order valence-electron chi connectivity index (χ0n) is 15.9. The van der Waals surface area contributed by atoms with Crippen LogP contribution in [0.2, 0.25) is 0 Å². The van der Waals surface area contributed by atoms with Crippen LogP contribution in [0.5, 0.6) is 11.5 Å². The highest BCUT2D eigenvalue weighted by molar-refractivity contribution is 8.18. The molecule has 0 saturated carbocycles. The van der Waals surface area contributed by atoms with Crippen LogP contribution < -0.4 is 9.47 Å². The van der Waals surface area contributed by atoms with Crippen LogP contribution in [0.4, 0.5) is 0 Å². The van der Waals surface area contributed by atoms with Crippen LogP contribution in [0.25, 0.3) is 0 Å². The summed E-state index contributed by atoms with van der Waals surface area (Å²) in [5, 5.41) is 0. The molecule has 2 heterocycles. The normalized spacial score (nSPS) is 15.9. The van der Waals surface area contributed by atoms with Crippen molar-refractivity contribution in [3.8, 4) is 11.5 Å². The van der Waals surface area contributed by atoms with Crippen LogP contribution in [0, 0.1) is 0 Å². The molecule has 2 aromatic carbocycles. The molecule has 0 N–H and O–H groups in total. The minimum Gasteiger partial charge on any atom is -0.493 e. The fraction of sp³-hybridized carbons (Fsp3) is 0.304. The molecule has 28 heavy (non-hydrogen) atoms. The first kappa shape index (κ1) is 19.3. The first-order chi connectivity index (χ1) is 13.8. The molecule has 5 heteroatoms. The van der Waals surface area contributed by atoms with Crippen molar-refractivity contribution in [1.82, 2.24) is 0 Å². The first-order valence-electron chi connectivity index (χ1n) is 9.43. The Hall–Kier alpha value is -1.98. The first-order valence-corrected chi connectivity index (χ1v) is 11.4. The average molecular weight is 413 g/mol. The van der Waals surface area contributed by atoms with Crippen molar-refractivity contribution in [2.24, 2.45) is 0 Å². The molecule has 1 fully saturated rings. The van der Waals surface area contributed by atoms with Gasteiger partial charge >= 0.3 is 0 Å². The summed E-state index contributed by atoms with van der Waals surface area (Å²) in [7, 11) is 1.68. The van der Waals surface area contributed by atoms with Gasteiger partial charge in [-0.3, -0.25) is 0 Å². The van der Waals surface area contributed by atoms with Crippen molar-refractivity contribution < 1.29 is 13.9 Å². The number of hydrogen-bond donors (Lipinski definition) is 0. The Labute approximate surface area is 174 Å². The maximum absolute atomic E-state index is 6.11. The van der Waals surface area contributed by atoms with Crippen molar-refractivity contribution in [2.45, 2.75) is 23.5 Å². The molecular weight excluding hydrogens is 388 g/mol. The summed E-state index contributed by atoms with van der Waals surface area (Å²) in [6, 6.07) is 18.6. The van der Waals surface area contributed by atoms with Crippen LogP contribution in [0.15, 0.2) is 71.5 Å². The summed E-state index contributed by atoms with van der Waals surface area (Å²) in [5.74, 6) is 3.90. The Balaban J connectivity index is 1.57. The summed E-state index contributed by atoms with van der Waals surface area (Å²) in [6.45, 7) is 0.525. The fourth-order valence-corrected chi connectivity index (χ4v) is 6.73. The Bertz CT molecular complexity index is 872. The van der Waals surface area contributed by atoms with Gasteiger partial charge in [0.2, 0.25) is 0 Å². The van der Waals surface area contributed by atoms with Gasteiger partial charge in [0, 0.05) is 12.0 Å². The molecule has 0 spiro atoms.